The molecule has 0 radical (unpaired) electrons. The predicted molar refractivity (Wildman–Crippen MR) is 53.6 cm³/mol. The molecule has 1 atom stereocenters. The van der Waals surface area contributed by atoms with Crippen LogP contribution in [0.5, 0.6) is 5.75 Å². The lowest BCUT2D eigenvalue weighted by molar-refractivity contribution is 0.0794. The van der Waals surface area contributed by atoms with Crippen molar-refractivity contribution in [3.63, 3.8) is 0 Å². The van der Waals surface area contributed by atoms with Gasteiger partial charge in [0, 0.05) is 10.6 Å². The molecule has 1 rings (SSSR count). The Morgan fingerprint density at radius 2 is 2.13 bits per heavy atom. The van der Waals surface area contributed by atoms with Crippen molar-refractivity contribution in [1.82, 2.24) is 0 Å². The molecule has 0 unspecified atom stereocenters. The molecule has 0 aliphatic heterocycles. The van der Waals surface area contributed by atoms with Crippen molar-refractivity contribution < 1.29 is 18.6 Å². The molecule has 15 heavy (non-hydrogen) atoms. The van der Waals surface area contributed by atoms with Gasteiger partial charge in [-0.05, 0) is 25.1 Å². The van der Waals surface area contributed by atoms with Crippen LogP contribution >= 0.6 is 11.6 Å². The van der Waals surface area contributed by atoms with Gasteiger partial charge < -0.3 is 9.84 Å². The summed E-state index contributed by atoms with van der Waals surface area (Å²) >= 11 is 5.71. The van der Waals surface area contributed by atoms with Crippen LogP contribution in [0.3, 0.4) is 0 Å². The van der Waals surface area contributed by atoms with Crippen molar-refractivity contribution in [2.75, 3.05) is 6.61 Å². The predicted octanol–water partition coefficient (Wildman–Crippen LogP) is 3.04. The maximum atomic E-state index is 11.9. The fourth-order valence-corrected chi connectivity index (χ4v) is 1.31. The van der Waals surface area contributed by atoms with Crippen LogP contribution in [0.2, 0.25) is 5.02 Å². The minimum Gasteiger partial charge on any atom is -0.487 e. The van der Waals surface area contributed by atoms with Crippen LogP contribution in [-0.4, -0.2) is 18.1 Å². The van der Waals surface area contributed by atoms with Crippen LogP contribution in [-0.2, 0) is 0 Å². The number of ether oxygens (including phenoxy) is 1. The quantitative estimate of drug-likeness (QED) is 0.871. The van der Waals surface area contributed by atoms with Crippen LogP contribution in [0.15, 0.2) is 18.2 Å². The summed E-state index contributed by atoms with van der Waals surface area (Å²) in [7, 11) is 0. The van der Waals surface area contributed by atoms with Crippen molar-refractivity contribution >= 4 is 11.6 Å². The Bertz CT molecular complexity index is 329. The number of hydrogen-bond donors (Lipinski definition) is 1. The molecule has 0 fully saturated rings. The van der Waals surface area contributed by atoms with Gasteiger partial charge >= 0.3 is 0 Å². The van der Waals surface area contributed by atoms with Crippen LogP contribution in [0.25, 0.3) is 0 Å². The van der Waals surface area contributed by atoms with Gasteiger partial charge in [-0.3, -0.25) is 0 Å². The third-order valence-electron chi connectivity index (χ3n) is 1.79. The van der Waals surface area contributed by atoms with E-state index in [4.69, 9.17) is 16.3 Å². The highest BCUT2D eigenvalue weighted by atomic mass is 35.5. The average molecular weight is 237 g/mol. The Hall–Kier alpha value is -0.870. The summed E-state index contributed by atoms with van der Waals surface area (Å²) in [5.74, 6) is 0.231. The highest BCUT2D eigenvalue weighted by molar-refractivity contribution is 6.30. The summed E-state index contributed by atoms with van der Waals surface area (Å²) in [5.41, 5.74) is 0.406. The zero-order chi connectivity index (χ0) is 11.4. The average Bonchev–Trinajstić information content (AvgIpc) is 2.15. The number of halogens is 3. The molecule has 0 aliphatic rings. The fraction of sp³-hybridized carbons (Fsp3) is 0.400. The fourth-order valence-electron chi connectivity index (χ4n) is 1.13. The van der Waals surface area contributed by atoms with Crippen molar-refractivity contribution in [3.8, 4) is 5.75 Å². The summed E-state index contributed by atoms with van der Waals surface area (Å²) in [6, 6.07) is 4.48. The molecule has 0 heterocycles. The summed E-state index contributed by atoms with van der Waals surface area (Å²) < 4.78 is 28.7. The normalized spacial score (nSPS) is 12.9. The van der Waals surface area contributed by atoms with E-state index in [1.807, 2.05) is 0 Å². The second-order valence-corrected chi connectivity index (χ2v) is 3.50. The van der Waals surface area contributed by atoms with E-state index in [0.29, 0.717) is 10.6 Å². The molecule has 1 aromatic carbocycles. The standard InChI is InChI=1S/C10H11ClF2O2/c1-6(14)8-4-7(11)2-3-9(8)15-5-10(12)13/h2-4,6,10,14H,5H2,1H3/t6-/m1/s1. The van der Waals surface area contributed by atoms with E-state index < -0.39 is 19.1 Å². The zero-order valence-corrected chi connectivity index (χ0v) is 8.84. The van der Waals surface area contributed by atoms with Gasteiger partial charge in [0.05, 0.1) is 6.10 Å². The van der Waals surface area contributed by atoms with Gasteiger partial charge in [-0.2, -0.15) is 0 Å². The minimum absolute atomic E-state index is 0.231. The summed E-state index contributed by atoms with van der Waals surface area (Å²) in [6.45, 7) is 0.822. The summed E-state index contributed by atoms with van der Waals surface area (Å²) in [4.78, 5) is 0. The van der Waals surface area contributed by atoms with Gasteiger partial charge in [-0.25, -0.2) is 8.78 Å². The number of aliphatic hydroxyl groups excluding tert-OH is 1. The van der Waals surface area contributed by atoms with Crippen LogP contribution < -0.4 is 4.74 Å². The van der Waals surface area contributed by atoms with E-state index in [-0.39, 0.29) is 5.75 Å². The third-order valence-corrected chi connectivity index (χ3v) is 2.02. The molecule has 0 aliphatic carbocycles. The van der Waals surface area contributed by atoms with Crippen LogP contribution in [0, 0.1) is 0 Å². The Kier molecular flexibility index (Phi) is 4.29. The molecule has 0 aromatic heterocycles. The van der Waals surface area contributed by atoms with Crippen molar-refractivity contribution in [2.45, 2.75) is 19.5 Å². The van der Waals surface area contributed by atoms with Crippen molar-refractivity contribution in [3.05, 3.63) is 28.8 Å². The Morgan fingerprint density at radius 3 is 2.67 bits per heavy atom. The Balaban J connectivity index is 2.86. The molecule has 0 saturated heterocycles. The lowest BCUT2D eigenvalue weighted by Crippen LogP contribution is -2.09. The first-order valence-electron chi connectivity index (χ1n) is 4.39. The minimum atomic E-state index is -2.54. The molecular formula is C10H11ClF2O2. The third kappa shape index (κ3) is 3.64. The highest BCUT2D eigenvalue weighted by Crippen LogP contribution is 2.28. The summed E-state index contributed by atoms with van der Waals surface area (Å²) in [6.07, 6.45) is -3.35. The van der Waals surface area contributed by atoms with E-state index in [1.54, 1.807) is 0 Å². The number of benzene rings is 1. The smallest absolute Gasteiger partial charge is 0.272 e. The van der Waals surface area contributed by atoms with E-state index in [9.17, 15) is 13.9 Å². The topological polar surface area (TPSA) is 29.5 Å². The molecule has 2 nitrogen and oxygen atoms in total. The lowest BCUT2D eigenvalue weighted by Gasteiger charge is -2.13. The maximum absolute atomic E-state index is 11.9. The molecule has 0 amide bonds. The molecule has 84 valence electrons. The van der Waals surface area contributed by atoms with Gasteiger partial charge in [-0.15, -0.1) is 0 Å². The first kappa shape index (κ1) is 12.2. The second-order valence-electron chi connectivity index (χ2n) is 3.06. The molecular weight excluding hydrogens is 226 g/mol. The monoisotopic (exact) mass is 236 g/mol. The maximum Gasteiger partial charge on any atom is 0.272 e. The van der Waals surface area contributed by atoms with Gasteiger partial charge in [0.2, 0.25) is 0 Å². The first-order chi connectivity index (χ1) is 7.00. The zero-order valence-electron chi connectivity index (χ0n) is 8.08. The number of rotatable bonds is 4. The number of hydrogen-bond acceptors (Lipinski definition) is 2. The van der Waals surface area contributed by atoms with E-state index >= 15 is 0 Å². The Morgan fingerprint density at radius 1 is 1.47 bits per heavy atom. The number of aliphatic hydroxyl groups is 1. The largest absolute Gasteiger partial charge is 0.487 e. The van der Waals surface area contributed by atoms with Gasteiger partial charge in [-0.1, -0.05) is 11.6 Å². The molecule has 0 spiro atoms. The first-order valence-corrected chi connectivity index (χ1v) is 4.77. The molecule has 1 N–H and O–H groups in total. The van der Waals surface area contributed by atoms with Crippen LogP contribution in [0.1, 0.15) is 18.6 Å². The highest BCUT2D eigenvalue weighted by Gasteiger charge is 2.11. The van der Waals surface area contributed by atoms with Crippen molar-refractivity contribution in [1.29, 1.82) is 0 Å². The summed E-state index contributed by atoms with van der Waals surface area (Å²) in [5, 5.41) is 9.79. The SMILES string of the molecule is C[C@@H](O)c1cc(Cl)ccc1OCC(F)F. The Labute approximate surface area is 91.4 Å². The second kappa shape index (κ2) is 5.28. The lowest BCUT2D eigenvalue weighted by atomic mass is 10.1. The van der Waals surface area contributed by atoms with Crippen LogP contribution in [0.4, 0.5) is 8.78 Å². The molecule has 5 heteroatoms. The van der Waals surface area contributed by atoms with Gasteiger partial charge in [0.1, 0.15) is 12.4 Å². The van der Waals surface area contributed by atoms with Gasteiger partial charge in [0.25, 0.3) is 6.43 Å². The van der Waals surface area contributed by atoms with Gasteiger partial charge in [0.15, 0.2) is 0 Å². The van der Waals surface area contributed by atoms with Crippen molar-refractivity contribution in [2.24, 2.45) is 0 Å². The molecule has 1 aromatic rings. The van der Waals surface area contributed by atoms with E-state index in [0.717, 1.165) is 0 Å². The molecule has 0 saturated carbocycles. The number of alkyl halides is 2. The molecule has 0 bridgehead atoms. The van der Waals surface area contributed by atoms with E-state index in [2.05, 4.69) is 0 Å². The van der Waals surface area contributed by atoms with E-state index in [1.165, 1.54) is 25.1 Å².